The van der Waals surface area contributed by atoms with Crippen molar-refractivity contribution in [2.45, 2.75) is 25.9 Å². The molecule has 1 N–H and O–H groups in total. The first-order chi connectivity index (χ1) is 11.2. The fourth-order valence-corrected chi connectivity index (χ4v) is 2.42. The average Bonchev–Trinajstić information content (AvgIpc) is 2.53. The van der Waals surface area contributed by atoms with Crippen LogP contribution in [0, 0.1) is 5.92 Å². The molecule has 2 rings (SSSR count). The summed E-state index contributed by atoms with van der Waals surface area (Å²) < 4.78 is 40.6. The lowest BCUT2D eigenvalue weighted by Crippen LogP contribution is -2.42. The van der Waals surface area contributed by atoms with Crippen molar-refractivity contribution in [2.75, 3.05) is 25.0 Å². The second-order valence-electron chi connectivity index (χ2n) is 5.58. The largest absolute Gasteiger partial charge is 0.468 e. The summed E-state index contributed by atoms with van der Waals surface area (Å²) in [5.74, 6) is -0.804. The van der Waals surface area contributed by atoms with Gasteiger partial charge in [0.05, 0.1) is 17.8 Å². The van der Waals surface area contributed by atoms with E-state index in [0.29, 0.717) is 25.2 Å². The maximum atomic E-state index is 12.2. The summed E-state index contributed by atoms with van der Waals surface area (Å²) in [7, 11) is 0. The Balaban J connectivity index is 1.88. The van der Waals surface area contributed by atoms with Gasteiger partial charge in [-0.05, 0) is 18.9 Å². The van der Waals surface area contributed by atoms with Gasteiger partial charge in [0.15, 0.2) is 6.61 Å². The Morgan fingerprint density at radius 1 is 1.42 bits per heavy atom. The van der Waals surface area contributed by atoms with Crippen molar-refractivity contribution < 1.29 is 27.5 Å². The number of amides is 2. The molecule has 1 aromatic heterocycles. The summed E-state index contributed by atoms with van der Waals surface area (Å²) >= 11 is 0. The van der Waals surface area contributed by atoms with E-state index in [1.54, 1.807) is 4.90 Å². The normalized spacial score (nSPS) is 18.2. The second-order valence-corrected chi connectivity index (χ2v) is 5.58. The topological polar surface area (TPSA) is 71.5 Å². The van der Waals surface area contributed by atoms with Crippen LogP contribution in [-0.2, 0) is 9.59 Å². The molecule has 0 aromatic carbocycles. The molecule has 1 atom stereocenters. The van der Waals surface area contributed by atoms with Crippen LogP contribution in [0.1, 0.15) is 19.8 Å². The molecule has 6 nitrogen and oxygen atoms in total. The zero-order valence-corrected chi connectivity index (χ0v) is 13.1. The van der Waals surface area contributed by atoms with Gasteiger partial charge >= 0.3 is 6.18 Å². The number of ether oxygens (including phenoxy) is 1. The van der Waals surface area contributed by atoms with Crippen LogP contribution in [0.5, 0.6) is 5.88 Å². The Kier molecular flexibility index (Phi) is 5.63. The molecule has 0 radical (unpaired) electrons. The molecular formula is C15H18F3N3O3. The quantitative estimate of drug-likeness (QED) is 0.908. The highest BCUT2D eigenvalue weighted by Crippen LogP contribution is 2.20. The minimum Gasteiger partial charge on any atom is -0.468 e. The van der Waals surface area contributed by atoms with Gasteiger partial charge in [0.1, 0.15) is 0 Å². The number of hydrogen-bond donors (Lipinski definition) is 1. The van der Waals surface area contributed by atoms with Crippen molar-refractivity contribution in [3.8, 4) is 5.88 Å². The van der Waals surface area contributed by atoms with Crippen molar-refractivity contribution in [3.05, 3.63) is 18.3 Å². The van der Waals surface area contributed by atoms with Gasteiger partial charge in [-0.1, -0.05) is 0 Å². The van der Waals surface area contributed by atoms with E-state index in [9.17, 15) is 22.8 Å². The number of aromatic nitrogens is 1. The maximum absolute atomic E-state index is 12.2. The molecule has 132 valence electrons. The average molecular weight is 345 g/mol. The first-order valence-electron chi connectivity index (χ1n) is 7.46. The first kappa shape index (κ1) is 18.0. The van der Waals surface area contributed by atoms with Gasteiger partial charge in [0.2, 0.25) is 17.7 Å². The van der Waals surface area contributed by atoms with Crippen molar-refractivity contribution in [2.24, 2.45) is 5.92 Å². The van der Waals surface area contributed by atoms with Crippen LogP contribution in [-0.4, -0.2) is 47.6 Å². The molecular weight excluding hydrogens is 327 g/mol. The Hall–Kier alpha value is -2.32. The standard InChI is InChI=1S/C15H18F3N3O3/c1-10(22)21-6-2-3-11(8-21)14(23)20-12-4-5-13(19-7-12)24-9-15(16,17)18/h4-5,7,11H,2-3,6,8-9H2,1H3,(H,20,23)/t11-/m0/s1. The molecule has 9 heteroatoms. The number of carbonyl (C=O) groups excluding carboxylic acids is 2. The minimum atomic E-state index is -4.43. The lowest BCUT2D eigenvalue weighted by molar-refractivity contribution is -0.154. The van der Waals surface area contributed by atoms with Crippen LogP contribution < -0.4 is 10.1 Å². The Morgan fingerprint density at radius 2 is 2.17 bits per heavy atom. The molecule has 2 heterocycles. The second kappa shape index (κ2) is 7.50. The van der Waals surface area contributed by atoms with Gasteiger partial charge in [-0.2, -0.15) is 13.2 Å². The summed E-state index contributed by atoms with van der Waals surface area (Å²) in [4.78, 5) is 29.0. The lowest BCUT2D eigenvalue weighted by Gasteiger charge is -2.31. The van der Waals surface area contributed by atoms with Crippen LogP contribution in [0.25, 0.3) is 0 Å². The van der Waals surface area contributed by atoms with Crippen LogP contribution in [0.4, 0.5) is 18.9 Å². The number of likely N-dealkylation sites (tertiary alicyclic amines) is 1. The lowest BCUT2D eigenvalue weighted by atomic mass is 9.97. The molecule has 1 aliphatic heterocycles. The van der Waals surface area contributed by atoms with E-state index in [4.69, 9.17) is 0 Å². The molecule has 1 fully saturated rings. The summed E-state index contributed by atoms with van der Waals surface area (Å²) in [5, 5.41) is 2.65. The van der Waals surface area contributed by atoms with E-state index in [1.165, 1.54) is 25.3 Å². The highest BCUT2D eigenvalue weighted by atomic mass is 19.4. The van der Waals surface area contributed by atoms with Gasteiger partial charge in [0, 0.05) is 26.1 Å². The van der Waals surface area contributed by atoms with E-state index < -0.39 is 12.8 Å². The Bertz CT molecular complexity index is 590. The van der Waals surface area contributed by atoms with Crippen molar-refractivity contribution in [1.82, 2.24) is 9.88 Å². The molecule has 2 amide bonds. The van der Waals surface area contributed by atoms with Gasteiger partial charge < -0.3 is 15.0 Å². The minimum absolute atomic E-state index is 0.0691. The Labute approximate surface area is 137 Å². The van der Waals surface area contributed by atoms with E-state index in [0.717, 1.165) is 6.42 Å². The van der Waals surface area contributed by atoms with Crippen LogP contribution in [0.15, 0.2) is 18.3 Å². The number of piperidine rings is 1. The first-order valence-corrected chi connectivity index (χ1v) is 7.46. The van der Waals surface area contributed by atoms with Gasteiger partial charge in [-0.25, -0.2) is 4.98 Å². The van der Waals surface area contributed by atoms with E-state index in [2.05, 4.69) is 15.0 Å². The van der Waals surface area contributed by atoms with Crippen LogP contribution in [0.2, 0.25) is 0 Å². The molecule has 0 spiro atoms. The number of nitrogens with zero attached hydrogens (tertiary/aromatic N) is 2. The highest BCUT2D eigenvalue weighted by molar-refractivity contribution is 5.93. The van der Waals surface area contributed by atoms with Gasteiger partial charge in [0.25, 0.3) is 0 Å². The van der Waals surface area contributed by atoms with Gasteiger partial charge in [-0.3, -0.25) is 9.59 Å². The zero-order chi connectivity index (χ0) is 17.7. The number of hydrogen-bond acceptors (Lipinski definition) is 4. The number of pyridine rings is 1. The molecule has 1 saturated heterocycles. The number of carbonyl (C=O) groups is 2. The summed E-state index contributed by atoms with van der Waals surface area (Å²) in [6.45, 7) is 1.05. The summed E-state index contributed by atoms with van der Waals surface area (Å²) in [6.07, 6.45) is -1.77. The molecule has 0 unspecified atom stereocenters. The molecule has 1 aromatic rings. The summed E-state index contributed by atoms with van der Waals surface area (Å²) in [5.41, 5.74) is 0.360. The Morgan fingerprint density at radius 3 is 2.75 bits per heavy atom. The maximum Gasteiger partial charge on any atom is 0.422 e. The number of nitrogens with one attached hydrogen (secondary N) is 1. The molecule has 24 heavy (non-hydrogen) atoms. The number of rotatable bonds is 4. The fourth-order valence-electron chi connectivity index (χ4n) is 2.42. The molecule has 0 aliphatic carbocycles. The van der Waals surface area contributed by atoms with Crippen LogP contribution >= 0.6 is 0 Å². The monoisotopic (exact) mass is 345 g/mol. The van der Waals surface area contributed by atoms with E-state index >= 15 is 0 Å². The molecule has 0 bridgehead atoms. The highest BCUT2D eigenvalue weighted by Gasteiger charge is 2.29. The van der Waals surface area contributed by atoms with Gasteiger partial charge in [-0.15, -0.1) is 0 Å². The number of halogens is 3. The predicted octanol–water partition coefficient (Wildman–Crippen LogP) is 2.22. The third-order valence-corrected chi connectivity index (χ3v) is 3.63. The third-order valence-electron chi connectivity index (χ3n) is 3.63. The smallest absolute Gasteiger partial charge is 0.422 e. The van der Waals surface area contributed by atoms with E-state index in [-0.39, 0.29) is 23.6 Å². The van der Waals surface area contributed by atoms with Crippen molar-refractivity contribution in [3.63, 3.8) is 0 Å². The fraction of sp³-hybridized carbons (Fsp3) is 0.533. The SMILES string of the molecule is CC(=O)N1CCC[C@H](C(=O)Nc2ccc(OCC(F)(F)F)nc2)C1. The summed E-state index contributed by atoms with van der Waals surface area (Å²) in [6, 6.07) is 2.67. The molecule has 0 saturated carbocycles. The van der Waals surface area contributed by atoms with Crippen molar-refractivity contribution >= 4 is 17.5 Å². The third kappa shape index (κ3) is 5.39. The number of alkyl halides is 3. The number of anilines is 1. The van der Waals surface area contributed by atoms with Crippen molar-refractivity contribution in [1.29, 1.82) is 0 Å². The van der Waals surface area contributed by atoms with E-state index in [1.807, 2.05) is 0 Å². The predicted molar refractivity (Wildman–Crippen MR) is 79.4 cm³/mol. The molecule has 1 aliphatic rings. The van der Waals surface area contributed by atoms with Crippen LogP contribution in [0.3, 0.4) is 0 Å². The zero-order valence-electron chi connectivity index (χ0n) is 13.1.